The minimum atomic E-state index is -0.314. The van der Waals surface area contributed by atoms with Gasteiger partial charge in [-0.2, -0.15) is 0 Å². The van der Waals surface area contributed by atoms with Crippen LogP contribution >= 0.6 is 0 Å². The third-order valence-corrected chi connectivity index (χ3v) is 3.16. The molecule has 0 spiro atoms. The lowest BCUT2D eigenvalue weighted by Crippen LogP contribution is -2.42. The number of carbonyl (C=O) groups excluding carboxylic acids is 1. The maximum absolute atomic E-state index is 12.0. The smallest absolute Gasteiger partial charge is 0.410 e. The maximum atomic E-state index is 12.0. The average Bonchev–Trinajstić information content (AvgIpc) is 2.71. The van der Waals surface area contributed by atoms with Gasteiger partial charge in [-0.1, -0.05) is 30.3 Å². The van der Waals surface area contributed by atoms with Gasteiger partial charge in [0.2, 0.25) is 0 Å². The number of rotatable bonds is 3. The fourth-order valence-electron chi connectivity index (χ4n) is 2.10. The van der Waals surface area contributed by atoms with Crippen LogP contribution in [0.1, 0.15) is 12.0 Å². The van der Waals surface area contributed by atoms with Crippen LogP contribution in [-0.4, -0.2) is 48.4 Å². The van der Waals surface area contributed by atoms with Gasteiger partial charge in [0.25, 0.3) is 0 Å². The van der Waals surface area contributed by atoms with E-state index in [4.69, 9.17) is 4.74 Å². The molecule has 1 aromatic carbocycles. The van der Waals surface area contributed by atoms with Crippen LogP contribution in [0.3, 0.4) is 0 Å². The Bertz CT molecular complexity index is 397. The van der Waals surface area contributed by atoms with E-state index in [0.717, 1.165) is 18.5 Å². The van der Waals surface area contributed by atoms with Crippen molar-refractivity contribution < 1.29 is 14.6 Å². The highest BCUT2D eigenvalue weighted by atomic mass is 16.6. The predicted octanol–water partition coefficient (Wildman–Crippen LogP) is 0.979. The summed E-state index contributed by atoms with van der Waals surface area (Å²) in [5.74, 6) is 0. The van der Waals surface area contributed by atoms with Crippen LogP contribution in [-0.2, 0) is 11.3 Å². The molecule has 1 aliphatic rings. The second kappa shape index (κ2) is 7.11. The van der Waals surface area contributed by atoms with E-state index in [-0.39, 0.29) is 25.3 Å². The molecule has 104 valence electrons. The van der Waals surface area contributed by atoms with Crippen LogP contribution in [0.4, 0.5) is 4.79 Å². The number of nitrogens with zero attached hydrogens (tertiary/aromatic N) is 1. The van der Waals surface area contributed by atoms with Gasteiger partial charge in [0.05, 0.1) is 6.61 Å². The van der Waals surface area contributed by atoms with Crippen LogP contribution < -0.4 is 5.32 Å². The summed E-state index contributed by atoms with van der Waals surface area (Å²) in [5.41, 5.74) is 0.975. The molecule has 0 saturated carbocycles. The minimum Gasteiger partial charge on any atom is -0.445 e. The normalized spacial score (nSPS) is 19.8. The Hall–Kier alpha value is -1.59. The SMILES string of the molecule is O=C(OCc1ccccc1)N1CCCNC(CO)C1. The van der Waals surface area contributed by atoms with Crippen LogP contribution in [0, 0.1) is 0 Å². The number of amides is 1. The van der Waals surface area contributed by atoms with E-state index in [0.29, 0.717) is 13.1 Å². The Labute approximate surface area is 113 Å². The molecule has 2 rings (SSSR count). The van der Waals surface area contributed by atoms with Crippen LogP contribution in [0.2, 0.25) is 0 Å². The zero-order valence-corrected chi connectivity index (χ0v) is 10.9. The number of aliphatic hydroxyl groups excluding tert-OH is 1. The third-order valence-electron chi connectivity index (χ3n) is 3.16. The molecule has 1 amide bonds. The van der Waals surface area contributed by atoms with Gasteiger partial charge in [-0.15, -0.1) is 0 Å². The van der Waals surface area contributed by atoms with Crippen LogP contribution in [0.15, 0.2) is 30.3 Å². The first kappa shape index (κ1) is 13.8. The number of carbonyl (C=O) groups is 1. The Morgan fingerprint density at radius 3 is 2.95 bits per heavy atom. The first-order valence-electron chi connectivity index (χ1n) is 6.59. The fourth-order valence-corrected chi connectivity index (χ4v) is 2.10. The van der Waals surface area contributed by atoms with Crippen molar-refractivity contribution >= 4 is 6.09 Å². The fraction of sp³-hybridized carbons (Fsp3) is 0.500. The number of hydrogen-bond donors (Lipinski definition) is 2. The Morgan fingerprint density at radius 2 is 2.21 bits per heavy atom. The van der Waals surface area contributed by atoms with Gasteiger partial charge < -0.3 is 20.1 Å². The average molecular weight is 264 g/mol. The van der Waals surface area contributed by atoms with E-state index in [1.807, 2.05) is 30.3 Å². The monoisotopic (exact) mass is 264 g/mol. The zero-order chi connectivity index (χ0) is 13.5. The summed E-state index contributed by atoms with van der Waals surface area (Å²) in [6.45, 7) is 2.28. The molecule has 1 atom stereocenters. The van der Waals surface area contributed by atoms with E-state index in [9.17, 15) is 9.90 Å². The van der Waals surface area contributed by atoms with Gasteiger partial charge in [0.15, 0.2) is 0 Å². The van der Waals surface area contributed by atoms with Crippen molar-refractivity contribution in [3.05, 3.63) is 35.9 Å². The van der Waals surface area contributed by atoms with E-state index in [1.54, 1.807) is 4.90 Å². The van der Waals surface area contributed by atoms with E-state index >= 15 is 0 Å². The lowest BCUT2D eigenvalue weighted by Gasteiger charge is -2.22. The largest absolute Gasteiger partial charge is 0.445 e. The Kier molecular flexibility index (Phi) is 5.18. The zero-order valence-electron chi connectivity index (χ0n) is 10.9. The summed E-state index contributed by atoms with van der Waals surface area (Å²) >= 11 is 0. The molecule has 5 heteroatoms. The standard InChI is InChI=1S/C14H20N2O3/c17-10-13-9-16(8-4-7-15-13)14(18)19-11-12-5-2-1-3-6-12/h1-3,5-6,13,15,17H,4,7-11H2. The molecular formula is C14H20N2O3. The highest BCUT2D eigenvalue weighted by molar-refractivity contribution is 5.67. The molecule has 0 radical (unpaired) electrons. The second-order valence-corrected chi connectivity index (χ2v) is 4.67. The van der Waals surface area contributed by atoms with Crippen molar-refractivity contribution in [2.24, 2.45) is 0 Å². The number of benzene rings is 1. The molecule has 1 heterocycles. The van der Waals surface area contributed by atoms with Crippen molar-refractivity contribution in [1.82, 2.24) is 10.2 Å². The lowest BCUT2D eigenvalue weighted by atomic mass is 10.2. The summed E-state index contributed by atoms with van der Waals surface area (Å²) in [4.78, 5) is 13.6. The summed E-state index contributed by atoms with van der Waals surface area (Å²) in [5, 5.41) is 12.4. The lowest BCUT2D eigenvalue weighted by molar-refractivity contribution is 0.0924. The van der Waals surface area contributed by atoms with E-state index in [2.05, 4.69) is 5.32 Å². The molecule has 1 aromatic rings. The van der Waals surface area contributed by atoms with Gasteiger partial charge >= 0.3 is 6.09 Å². The summed E-state index contributed by atoms with van der Waals surface area (Å²) in [6.07, 6.45) is 0.558. The number of nitrogens with one attached hydrogen (secondary N) is 1. The highest BCUT2D eigenvalue weighted by Gasteiger charge is 2.22. The van der Waals surface area contributed by atoms with Crippen molar-refractivity contribution in [3.8, 4) is 0 Å². The second-order valence-electron chi connectivity index (χ2n) is 4.67. The van der Waals surface area contributed by atoms with Crippen molar-refractivity contribution in [2.75, 3.05) is 26.2 Å². The van der Waals surface area contributed by atoms with Crippen molar-refractivity contribution in [1.29, 1.82) is 0 Å². The van der Waals surface area contributed by atoms with E-state index < -0.39 is 0 Å². The molecule has 0 aromatic heterocycles. The topological polar surface area (TPSA) is 61.8 Å². The molecule has 2 N–H and O–H groups in total. The number of ether oxygens (including phenoxy) is 1. The van der Waals surface area contributed by atoms with E-state index in [1.165, 1.54) is 0 Å². The Balaban J connectivity index is 1.84. The summed E-state index contributed by atoms with van der Waals surface area (Å²) in [6, 6.07) is 9.55. The molecule has 1 aliphatic heterocycles. The highest BCUT2D eigenvalue weighted by Crippen LogP contribution is 2.06. The molecule has 5 nitrogen and oxygen atoms in total. The van der Waals surface area contributed by atoms with Gasteiger partial charge in [0.1, 0.15) is 6.61 Å². The van der Waals surface area contributed by atoms with Crippen molar-refractivity contribution in [2.45, 2.75) is 19.1 Å². The molecular weight excluding hydrogens is 244 g/mol. The number of hydrogen-bond acceptors (Lipinski definition) is 4. The molecule has 1 saturated heterocycles. The van der Waals surface area contributed by atoms with Crippen LogP contribution in [0.5, 0.6) is 0 Å². The molecule has 1 fully saturated rings. The number of aliphatic hydroxyl groups is 1. The van der Waals surface area contributed by atoms with Gasteiger partial charge in [-0.25, -0.2) is 4.79 Å². The quantitative estimate of drug-likeness (QED) is 0.854. The predicted molar refractivity (Wildman–Crippen MR) is 71.7 cm³/mol. The molecule has 0 aliphatic carbocycles. The minimum absolute atomic E-state index is 0.0302. The van der Waals surface area contributed by atoms with Crippen molar-refractivity contribution in [3.63, 3.8) is 0 Å². The van der Waals surface area contributed by atoms with Crippen LogP contribution in [0.25, 0.3) is 0 Å². The molecule has 19 heavy (non-hydrogen) atoms. The first-order chi connectivity index (χ1) is 9.29. The maximum Gasteiger partial charge on any atom is 0.410 e. The third kappa shape index (κ3) is 4.22. The molecule has 0 bridgehead atoms. The first-order valence-corrected chi connectivity index (χ1v) is 6.59. The Morgan fingerprint density at radius 1 is 1.42 bits per heavy atom. The van der Waals surface area contributed by atoms with Gasteiger partial charge in [-0.05, 0) is 18.5 Å². The van der Waals surface area contributed by atoms with Gasteiger partial charge in [0, 0.05) is 19.1 Å². The van der Waals surface area contributed by atoms with Gasteiger partial charge in [-0.3, -0.25) is 0 Å². The summed E-state index contributed by atoms with van der Waals surface area (Å²) < 4.78 is 5.29. The summed E-state index contributed by atoms with van der Waals surface area (Å²) in [7, 11) is 0. The molecule has 1 unspecified atom stereocenters.